The van der Waals surface area contributed by atoms with Crippen molar-refractivity contribution >= 4 is 18.0 Å². The van der Waals surface area contributed by atoms with Crippen LogP contribution in [0.25, 0.3) is 0 Å². The summed E-state index contributed by atoms with van der Waals surface area (Å²) < 4.78 is 5.30. The van der Waals surface area contributed by atoms with E-state index < -0.39 is 0 Å². The molecule has 0 saturated carbocycles. The van der Waals surface area contributed by atoms with Gasteiger partial charge in [0.05, 0.1) is 7.11 Å². The number of hydrogen-bond donors (Lipinski definition) is 0. The van der Waals surface area contributed by atoms with Gasteiger partial charge in [0.2, 0.25) is 0 Å². The fourth-order valence-electron chi connectivity index (χ4n) is 1.31. The van der Waals surface area contributed by atoms with E-state index in [1.807, 2.05) is 18.2 Å². The standard InChI is InChI=1S/C11H14O2S/c1-3-14-10-6-4-5-9(7-8-12)11(10)13-2/h4-6,8H,3,7H2,1-2H3. The van der Waals surface area contributed by atoms with Crippen molar-refractivity contribution in [2.75, 3.05) is 12.9 Å². The lowest BCUT2D eigenvalue weighted by Gasteiger charge is -2.10. The zero-order chi connectivity index (χ0) is 10.4. The molecular formula is C11H14O2S. The van der Waals surface area contributed by atoms with Gasteiger partial charge in [-0.1, -0.05) is 19.1 Å². The number of methoxy groups -OCH3 is 1. The number of rotatable bonds is 5. The third-order valence-corrected chi connectivity index (χ3v) is 2.79. The molecule has 2 nitrogen and oxygen atoms in total. The van der Waals surface area contributed by atoms with Crippen LogP contribution in [0.1, 0.15) is 12.5 Å². The number of ether oxygens (including phenoxy) is 1. The Hall–Kier alpha value is -0.960. The van der Waals surface area contributed by atoms with Gasteiger partial charge >= 0.3 is 0 Å². The van der Waals surface area contributed by atoms with E-state index in [4.69, 9.17) is 4.74 Å². The molecule has 0 saturated heterocycles. The molecule has 0 bridgehead atoms. The van der Waals surface area contributed by atoms with E-state index >= 15 is 0 Å². The molecule has 0 radical (unpaired) electrons. The Kier molecular flexibility index (Phi) is 4.53. The Morgan fingerprint density at radius 3 is 2.86 bits per heavy atom. The Bertz CT molecular complexity index is 310. The van der Waals surface area contributed by atoms with Crippen LogP contribution < -0.4 is 4.74 Å². The lowest BCUT2D eigenvalue weighted by Crippen LogP contribution is -1.95. The summed E-state index contributed by atoms with van der Waals surface area (Å²) in [4.78, 5) is 11.6. The third-order valence-electron chi connectivity index (χ3n) is 1.87. The molecule has 14 heavy (non-hydrogen) atoms. The van der Waals surface area contributed by atoms with E-state index in [1.54, 1.807) is 18.9 Å². The summed E-state index contributed by atoms with van der Waals surface area (Å²) in [6.45, 7) is 2.09. The number of thioether (sulfide) groups is 1. The maximum atomic E-state index is 10.4. The molecule has 0 unspecified atom stereocenters. The maximum absolute atomic E-state index is 10.4. The van der Waals surface area contributed by atoms with Crippen LogP contribution in [-0.4, -0.2) is 19.1 Å². The molecule has 76 valence electrons. The molecule has 3 heteroatoms. The average molecular weight is 210 g/mol. The van der Waals surface area contributed by atoms with Crippen LogP contribution in [0, 0.1) is 0 Å². The van der Waals surface area contributed by atoms with Gasteiger partial charge < -0.3 is 9.53 Å². The molecule has 0 spiro atoms. The predicted octanol–water partition coefficient (Wildman–Crippen LogP) is 2.55. The van der Waals surface area contributed by atoms with Gasteiger partial charge in [-0.2, -0.15) is 0 Å². The lowest BCUT2D eigenvalue weighted by molar-refractivity contribution is -0.107. The summed E-state index contributed by atoms with van der Waals surface area (Å²) in [7, 11) is 1.64. The summed E-state index contributed by atoms with van der Waals surface area (Å²) in [5.41, 5.74) is 0.959. The van der Waals surface area contributed by atoms with Gasteiger partial charge in [-0.05, 0) is 11.8 Å². The summed E-state index contributed by atoms with van der Waals surface area (Å²) in [5, 5.41) is 0. The van der Waals surface area contributed by atoms with Crippen LogP contribution in [0.4, 0.5) is 0 Å². The number of aldehydes is 1. The van der Waals surface area contributed by atoms with Crippen molar-refractivity contribution in [2.45, 2.75) is 18.2 Å². The van der Waals surface area contributed by atoms with Crippen molar-refractivity contribution in [3.05, 3.63) is 23.8 Å². The Labute approximate surface area is 88.7 Å². The summed E-state index contributed by atoms with van der Waals surface area (Å²) in [6.07, 6.45) is 1.32. The smallest absolute Gasteiger partial charge is 0.136 e. The first-order valence-corrected chi connectivity index (χ1v) is 5.54. The Balaban J connectivity index is 3.03. The van der Waals surface area contributed by atoms with Gasteiger partial charge in [0, 0.05) is 16.9 Å². The van der Waals surface area contributed by atoms with Crippen LogP contribution in [-0.2, 0) is 11.2 Å². The molecule has 1 rings (SSSR count). The average Bonchev–Trinajstić information content (AvgIpc) is 2.19. The molecule has 0 fully saturated rings. The van der Waals surface area contributed by atoms with Gasteiger partial charge in [0.25, 0.3) is 0 Å². The first-order valence-electron chi connectivity index (χ1n) is 4.55. The van der Waals surface area contributed by atoms with E-state index in [0.717, 1.165) is 28.2 Å². The van der Waals surface area contributed by atoms with Crippen molar-refractivity contribution < 1.29 is 9.53 Å². The molecule has 0 aliphatic heterocycles. The normalized spacial score (nSPS) is 9.86. The number of carbonyl (C=O) groups excluding carboxylic acids is 1. The van der Waals surface area contributed by atoms with E-state index in [-0.39, 0.29) is 0 Å². The SMILES string of the molecule is CCSc1cccc(CC=O)c1OC. The number of carbonyl (C=O) groups is 1. The van der Waals surface area contributed by atoms with Crippen molar-refractivity contribution in [1.29, 1.82) is 0 Å². The zero-order valence-electron chi connectivity index (χ0n) is 8.45. The van der Waals surface area contributed by atoms with Crippen LogP contribution in [0.15, 0.2) is 23.1 Å². The first-order chi connectivity index (χ1) is 6.83. The second-order valence-corrected chi connectivity index (χ2v) is 4.06. The van der Waals surface area contributed by atoms with Crippen molar-refractivity contribution in [1.82, 2.24) is 0 Å². The molecule has 0 N–H and O–H groups in total. The second kappa shape index (κ2) is 5.70. The molecular weight excluding hydrogens is 196 g/mol. The van der Waals surface area contributed by atoms with Crippen LogP contribution in [0.2, 0.25) is 0 Å². The highest BCUT2D eigenvalue weighted by Crippen LogP contribution is 2.32. The zero-order valence-corrected chi connectivity index (χ0v) is 9.26. The third kappa shape index (κ3) is 2.51. The van der Waals surface area contributed by atoms with Crippen molar-refractivity contribution in [2.24, 2.45) is 0 Å². The van der Waals surface area contributed by atoms with Crippen molar-refractivity contribution in [3.63, 3.8) is 0 Å². The summed E-state index contributed by atoms with van der Waals surface area (Å²) >= 11 is 1.73. The summed E-state index contributed by atoms with van der Waals surface area (Å²) in [6, 6.07) is 5.90. The molecule has 0 atom stereocenters. The van der Waals surface area contributed by atoms with Gasteiger partial charge in [-0.25, -0.2) is 0 Å². The monoisotopic (exact) mass is 210 g/mol. The molecule has 1 aromatic rings. The highest BCUT2D eigenvalue weighted by molar-refractivity contribution is 7.99. The molecule has 1 aromatic carbocycles. The maximum Gasteiger partial charge on any atom is 0.136 e. The fourth-order valence-corrected chi connectivity index (χ4v) is 2.14. The Morgan fingerprint density at radius 1 is 1.50 bits per heavy atom. The van der Waals surface area contributed by atoms with Gasteiger partial charge in [-0.3, -0.25) is 0 Å². The second-order valence-electron chi connectivity index (χ2n) is 2.75. The van der Waals surface area contributed by atoms with E-state index in [0.29, 0.717) is 6.42 Å². The minimum atomic E-state index is 0.418. The van der Waals surface area contributed by atoms with Crippen LogP contribution in [0.3, 0.4) is 0 Å². The molecule has 0 aromatic heterocycles. The Morgan fingerprint density at radius 2 is 2.29 bits per heavy atom. The van der Waals surface area contributed by atoms with Crippen molar-refractivity contribution in [3.8, 4) is 5.75 Å². The highest BCUT2D eigenvalue weighted by Gasteiger charge is 2.07. The fraction of sp³-hybridized carbons (Fsp3) is 0.364. The topological polar surface area (TPSA) is 26.3 Å². The number of para-hydroxylation sites is 1. The van der Waals surface area contributed by atoms with Gasteiger partial charge in [0.1, 0.15) is 12.0 Å². The van der Waals surface area contributed by atoms with Crippen LogP contribution in [0.5, 0.6) is 5.75 Å². The quantitative estimate of drug-likeness (QED) is 0.552. The lowest BCUT2D eigenvalue weighted by atomic mass is 10.1. The minimum absolute atomic E-state index is 0.418. The van der Waals surface area contributed by atoms with E-state index in [2.05, 4.69) is 6.92 Å². The van der Waals surface area contributed by atoms with Crippen LogP contribution >= 0.6 is 11.8 Å². The van der Waals surface area contributed by atoms with Gasteiger partial charge in [-0.15, -0.1) is 11.8 Å². The number of benzene rings is 1. The largest absolute Gasteiger partial charge is 0.495 e. The van der Waals surface area contributed by atoms with E-state index in [9.17, 15) is 4.79 Å². The van der Waals surface area contributed by atoms with Gasteiger partial charge in [0.15, 0.2) is 0 Å². The molecule has 0 aliphatic rings. The molecule has 0 amide bonds. The molecule has 0 aliphatic carbocycles. The highest BCUT2D eigenvalue weighted by atomic mass is 32.2. The predicted molar refractivity (Wildman–Crippen MR) is 59.2 cm³/mol. The van der Waals surface area contributed by atoms with E-state index in [1.165, 1.54) is 0 Å². The number of hydrogen-bond acceptors (Lipinski definition) is 3. The first kappa shape index (κ1) is 11.1. The molecule has 0 heterocycles. The minimum Gasteiger partial charge on any atom is -0.495 e. The summed E-state index contributed by atoms with van der Waals surface area (Å²) in [5.74, 6) is 1.84.